The normalized spacial score (nSPS) is 25.2. The van der Waals surface area contributed by atoms with E-state index < -0.39 is 5.60 Å². The zero-order chi connectivity index (χ0) is 17.1. The van der Waals surface area contributed by atoms with Gasteiger partial charge in [0.1, 0.15) is 12.2 Å². The number of nitrogens with one attached hydrogen (secondary N) is 2. The highest BCUT2D eigenvalue weighted by Gasteiger charge is 2.37. The quantitative estimate of drug-likeness (QED) is 0.784. The lowest BCUT2D eigenvalue weighted by atomic mass is 9.68. The minimum atomic E-state index is -0.788. The van der Waals surface area contributed by atoms with Crippen molar-refractivity contribution >= 4 is 6.03 Å². The van der Waals surface area contributed by atoms with E-state index in [1.807, 2.05) is 0 Å². The van der Waals surface area contributed by atoms with Gasteiger partial charge in [-0.3, -0.25) is 4.68 Å². The molecule has 1 fully saturated rings. The Morgan fingerprint density at radius 1 is 1.39 bits per heavy atom. The van der Waals surface area contributed by atoms with Crippen LogP contribution in [0.2, 0.25) is 0 Å². The first-order chi connectivity index (χ1) is 10.7. The number of amides is 2. The molecule has 7 heteroatoms. The number of carbonyl (C=O) groups is 1. The molecule has 130 valence electrons. The molecule has 2 amide bonds. The number of carbonyl (C=O) groups excluding carboxylic acids is 1. The number of hydrogen-bond acceptors (Lipinski definition) is 4. The number of rotatable bonds is 4. The van der Waals surface area contributed by atoms with Crippen LogP contribution in [0.4, 0.5) is 4.79 Å². The van der Waals surface area contributed by atoms with E-state index in [-0.39, 0.29) is 18.0 Å². The smallest absolute Gasteiger partial charge is 0.315 e. The number of aliphatic hydroxyl groups is 1. The van der Waals surface area contributed by atoms with Gasteiger partial charge in [-0.2, -0.15) is 5.10 Å². The fourth-order valence-corrected chi connectivity index (χ4v) is 3.14. The predicted octanol–water partition coefficient (Wildman–Crippen LogP) is 1.58. The maximum atomic E-state index is 11.9. The van der Waals surface area contributed by atoms with Gasteiger partial charge in [0.15, 0.2) is 0 Å². The molecule has 0 aromatic carbocycles. The molecule has 7 nitrogen and oxygen atoms in total. The van der Waals surface area contributed by atoms with E-state index in [9.17, 15) is 9.90 Å². The van der Waals surface area contributed by atoms with Crippen molar-refractivity contribution in [1.82, 2.24) is 25.4 Å². The zero-order valence-corrected chi connectivity index (χ0v) is 14.6. The lowest BCUT2D eigenvalue weighted by molar-refractivity contribution is -0.0218. The van der Waals surface area contributed by atoms with Gasteiger partial charge in [0.25, 0.3) is 0 Å². The minimum absolute atomic E-state index is 0.280. The third-order valence-corrected chi connectivity index (χ3v) is 4.93. The van der Waals surface area contributed by atoms with Gasteiger partial charge in [-0.1, -0.05) is 20.8 Å². The molecule has 1 aliphatic rings. The van der Waals surface area contributed by atoms with Crippen LogP contribution in [0.5, 0.6) is 0 Å². The molecule has 1 aliphatic carbocycles. The first kappa shape index (κ1) is 17.7. The summed E-state index contributed by atoms with van der Waals surface area (Å²) < 4.78 is 1.61. The second-order valence-electron chi connectivity index (χ2n) is 7.70. The lowest BCUT2D eigenvalue weighted by Crippen LogP contribution is -2.48. The molecule has 1 heterocycles. The molecule has 1 aromatic rings. The van der Waals surface area contributed by atoms with Crippen LogP contribution in [0.3, 0.4) is 0 Å². The van der Waals surface area contributed by atoms with Crippen LogP contribution < -0.4 is 10.6 Å². The topological polar surface area (TPSA) is 92.1 Å². The maximum Gasteiger partial charge on any atom is 0.315 e. The van der Waals surface area contributed by atoms with Gasteiger partial charge in [0.2, 0.25) is 0 Å². The van der Waals surface area contributed by atoms with Gasteiger partial charge in [0.05, 0.1) is 12.1 Å². The van der Waals surface area contributed by atoms with E-state index in [0.29, 0.717) is 18.3 Å². The highest BCUT2D eigenvalue weighted by Crippen LogP contribution is 2.41. The molecule has 0 spiro atoms. The standard InChI is InChI=1S/C16H29N5O2/c1-15(2,3)12-5-7-16(23,8-6-12)10-18-14(22)17-9-13-19-11-20-21(13)4/h11-12,23H,5-10H2,1-4H3,(H2,17,18,22). The highest BCUT2D eigenvalue weighted by atomic mass is 16.3. The second-order valence-corrected chi connectivity index (χ2v) is 7.70. The summed E-state index contributed by atoms with van der Waals surface area (Å²) in [6, 6.07) is -0.292. The van der Waals surface area contributed by atoms with Crippen LogP contribution in [-0.2, 0) is 13.6 Å². The summed E-state index contributed by atoms with van der Waals surface area (Å²) in [4.78, 5) is 15.9. The Hall–Kier alpha value is -1.63. The van der Waals surface area contributed by atoms with Gasteiger partial charge in [-0.25, -0.2) is 9.78 Å². The molecule has 0 radical (unpaired) electrons. The number of nitrogens with zero attached hydrogens (tertiary/aromatic N) is 3. The summed E-state index contributed by atoms with van der Waals surface area (Å²) in [7, 11) is 1.78. The Morgan fingerprint density at radius 2 is 2.04 bits per heavy atom. The van der Waals surface area contributed by atoms with Crippen molar-refractivity contribution in [3.05, 3.63) is 12.2 Å². The van der Waals surface area contributed by atoms with Gasteiger partial charge in [-0.05, 0) is 37.0 Å². The van der Waals surface area contributed by atoms with Crippen LogP contribution >= 0.6 is 0 Å². The van der Waals surface area contributed by atoms with Crippen molar-refractivity contribution in [1.29, 1.82) is 0 Å². The minimum Gasteiger partial charge on any atom is -0.388 e. The zero-order valence-electron chi connectivity index (χ0n) is 14.6. The summed E-state index contributed by atoms with van der Waals surface area (Å²) in [5.74, 6) is 1.32. The largest absolute Gasteiger partial charge is 0.388 e. The second kappa shape index (κ2) is 6.86. The van der Waals surface area contributed by atoms with Crippen molar-refractivity contribution in [2.24, 2.45) is 18.4 Å². The lowest BCUT2D eigenvalue weighted by Gasteiger charge is -2.41. The van der Waals surface area contributed by atoms with Gasteiger partial charge < -0.3 is 15.7 Å². The average molecular weight is 323 g/mol. The molecule has 1 aromatic heterocycles. The number of urea groups is 1. The number of hydrogen-bond donors (Lipinski definition) is 3. The SMILES string of the molecule is Cn1ncnc1CNC(=O)NCC1(O)CCC(C(C)(C)C)CC1. The van der Waals surface area contributed by atoms with Crippen molar-refractivity contribution in [2.45, 2.75) is 58.6 Å². The van der Waals surface area contributed by atoms with E-state index in [1.54, 1.807) is 11.7 Å². The molecule has 0 unspecified atom stereocenters. The Labute approximate surface area is 137 Å². The third-order valence-electron chi connectivity index (χ3n) is 4.93. The van der Waals surface area contributed by atoms with E-state index in [0.717, 1.165) is 25.7 Å². The summed E-state index contributed by atoms with van der Waals surface area (Å²) >= 11 is 0. The predicted molar refractivity (Wildman–Crippen MR) is 87.6 cm³/mol. The molecule has 0 aliphatic heterocycles. The molecule has 2 rings (SSSR count). The molecule has 0 bridgehead atoms. The fraction of sp³-hybridized carbons (Fsp3) is 0.812. The Kier molecular flexibility index (Phi) is 5.29. The van der Waals surface area contributed by atoms with Crippen LogP contribution in [0.15, 0.2) is 6.33 Å². The molecule has 0 atom stereocenters. The van der Waals surface area contributed by atoms with Crippen LogP contribution in [0.25, 0.3) is 0 Å². The van der Waals surface area contributed by atoms with Crippen LogP contribution in [0.1, 0.15) is 52.3 Å². The Balaban J connectivity index is 1.73. The van der Waals surface area contributed by atoms with Crippen LogP contribution in [-0.4, -0.2) is 38.0 Å². The summed E-state index contributed by atoms with van der Waals surface area (Å²) in [5.41, 5.74) is -0.508. The van der Waals surface area contributed by atoms with Crippen molar-refractivity contribution in [2.75, 3.05) is 6.54 Å². The van der Waals surface area contributed by atoms with E-state index in [4.69, 9.17) is 0 Å². The molecular formula is C16H29N5O2. The fourth-order valence-electron chi connectivity index (χ4n) is 3.14. The average Bonchev–Trinajstić information content (AvgIpc) is 2.88. The highest BCUT2D eigenvalue weighted by molar-refractivity contribution is 5.73. The maximum absolute atomic E-state index is 11.9. The van der Waals surface area contributed by atoms with E-state index in [2.05, 4.69) is 41.5 Å². The molecule has 1 saturated carbocycles. The first-order valence-electron chi connectivity index (χ1n) is 8.27. The van der Waals surface area contributed by atoms with Gasteiger partial charge >= 0.3 is 6.03 Å². The van der Waals surface area contributed by atoms with Gasteiger partial charge in [0, 0.05) is 13.6 Å². The third kappa shape index (κ3) is 4.92. The first-order valence-corrected chi connectivity index (χ1v) is 8.27. The molecule has 0 saturated heterocycles. The van der Waals surface area contributed by atoms with Crippen molar-refractivity contribution in [3.63, 3.8) is 0 Å². The summed E-state index contributed by atoms with van der Waals surface area (Å²) in [6.45, 7) is 7.35. The van der Waals surface area contributed by atoms with Crippen LogP contribution in [0, 0.1) is 11.3 Å². The molecule has 23 heavy (non-hydrogen) atoms. The molecule has 3 N–H and O–H groups in total. The number of aryl methyl sites for hydroxylation is 1. The van der Waals surface area contributed by atoms with Crippen molar-refractivity contribution in [3.8, 4) is 0 Å². The van der Waals surface area contributed by atoms with Crippen molar-refractivity contribution < 1.29 is 9.90 Å². The van der Waals surface area contributed by atoms with Gasteiger partial charge in [-0.15, -0.1) is 0 Å². The number of aromatic nitrogens is 3. The monoisotopic (exact) mass is 323 g/mol. The molecular weight excluding hydrogens is 294 g/mol. The Morgan fingerprint density at radius 3 is 2.57 bits per heavy atom. The van der Waals surface area contributed by atoms with E-state index in [1.165, 1.54) is 6.33 Å². The Bertz CT molecular complexity index is 527. The summed E-state index contributed by atoms with van der Waals surface area (Å²) in [5, 5.41) is 20.1. The summed E-state index contributed by atoms with van der Waals surface area (Å²) in [6.07, 6.45) is 4.92. The van der Waals surface area contributed by atoms with E-state index >= 15 is 0 Å².